The van der Waals surface area contributed by atoms with Crippen LogP contribution in [0.3, 0.4) is 0 Å². The second-order valence-corrected chi connectivity index (χ2v) is 5.45. The fourth-order valence-electron chi connectivity index (χ4n) is 1.53. The molecule has 1 N–H and O–H groups in total. The van der Waals surface area contributed by atoms with E-state index in [4.69, 9.17) is 34.8 Å². The molecule has 0 spiro atoms. The van der Waals surface area contributed by atoms with E-state index in [2.05, 4.69) is 12.2 Å². The summed E-state index contributed by atoms with van der Waals surface area (Å²) in [6, 6.07) is 5.72. The average Bonchev–Trinajstić information content (AvgIpc) is 2.33. The molecule has 0 aromatic heterocycles. The summed E-state index contributed by atoms with van der Waals surface area (Å²) >= 11 is 17.5. The highest BCUT2D eigenvalue weighted by Crippen LogP contribution is 2.22. The first-order chi connectivity index (χ1) is 8.13. The van der Waals surface area contributed by atoms with Gasteiger partial charge in [-0.25, -0.2) is 0 Å². The van der Waals surface area contributed by atoms with Crippen LogP contribution < -0.4 is 5.32 Å². The molecule has 0 fully saturated rings. The maximum absolute atomic E-state index is 5.94. The Hall–Kier alpha value is 0.0500. The van der Waals surface area contributed by atoms with Crippen molar-refractivity contribution in [3.8, 4) is 0 Å². The molecule has 4 heteroatoms. The lowest BCUT2D eigenvalue weighted by Gasteiger charge is -2.08. The van der Waals surface area contributed by atoms with Crippen molar-refractivity contribution in [3.63, 3.8) is 0 Å². The molecule has 0 saturated heterocycles. The van der Waals surface area contributed by atoms with Crippen LogP contribution in [0.15, 0.2) is 18.2 Å². The number of halogens is 3. The minimum atomic E-state index is 0.600. The fraction of sp³-hybridized carbons (Fsp3) is 0.538. The molecule has 96 valence electrons. The third-order valence-corrected chi connectivity index (χ3v) is 3.89. The molecule has 17 heavy (non-hydrogen) atoms. The highest BCUT2D eigenvalue weighted by molar-refractivity contribution is 6.42. The van der Waals surface area contributed by atoms with Gasteiger partial charge in [-0.3, -0.25) is 0 Å². The Morgan fingerprint density at radius 2 is 2.00 bits per heavy atom. The summed E-state index contributed by atoms with van der Waals surface area (Å²) in [5.41, 5.74) is 1.16. The SMILES string of the molecule is CC(CCl)CCCNCc1ccc(Cl)c(Cl)c1. The van der Waals surface area contributed by atoms with E-state index in [1.54, 1.807) is 0 Å². The number of benzene rings is 1. The molecule has 0 aliphatic rings. The van der Waals surface area contributed by atoms with Crippen molar-refractivity contribution < 1.29 is 0 Å². The minimum Gasteiger partial charge on any atom is -0.313 e. The van der Waals surface area contributed by atoms with Crippen molar-refractivity contribution in [1.29, 1.82) is 0 Å². The summed E-state index contributed by atoms with van der Waals surface area (Å²) in [6.45, 7) is 4.00. The molecule has 0 radical (unpaired) electrons. The number of nitrogens with one attached hydrogen (secondary N) is 1. The van der Waals surface area contributed by atoms with Crippen LogP contribution in [-0.4, -0.2) is 12.4 Å². The van der Waals surface area contributed by atoms with Crippen molar-refractivity contribution in [2.24, 2.45) is 5.92 Å². The normalized spacial score (nSPS) is 12.7. The summed E-state index contributed by atoms with van der Waals surface area (Å²) in [7, 11) is 0. The highest BCUT2D eigenvalue weighted by Gasteiger charge is 2.01. The van der Waals surface area contributed by atoms with Crippen LogP contribution in [0.25, 0.3) is 0 Å². The Morgan fingerprint density at radius 1 is 1.24 bits per heavy atom. The molecule has 1 aromatic carbocycles. The predicted octanol–water partition coefficient (Wildman–Crippen LogP) is 4.74. The van der Waals surface area contributed by atoms with Gasteiger partial charge in [-0.2, -0.15) is 0 Å². The Bertz CT molecular complexity index is 341. The van der Waals surface area contributed by atoms with Gasteiger partial charge in [0.05, 0.1) is 10.0 Å². The Kier molecular flexibility index (Phi) is 7.29. The van der Waals surface area contributed by atoms with Gasteiger partial charge in [-0.1, -0.05) is 36.2 Å². The van der Waals surface area contributed by atoms with Gasteiger partial charge in [0.25, 0.3) is 0 Å². The third-order valence-electron chi connectivity index (χ3n) is 2.63. The van der Waals surface area contributed by atoms with Crippen molar-refractivity contribution in [1.82, 2.24) is 5.32 Å². The lowest BCUT2D eigenvalue weighted by atomic mass is 10.1. The van der Waals surface area contributed by atoms with Gasteiger partial charge in [0, 0.05) is 12.4 Å². The average molecular weight is 295 g/mol. The van der Waals surface area contributed by atoms with Gasteiger partial charge < -0.3 is 5.32 Å². The van der Waals surface area contributed by atoms with Gasteiger partial charge >= 0.3 is 0 Å². The summed E-state index contributed by atoms with van der Waals surface area (Å²) < 4.78 is 0. The first kappa shape index (κ1) is 15.1. The van der Waals surface area contributed by atoms with E-state index in [0.717, 1.165) is 37.4 Å². The van der Waals surface area contributed by atoms with Crippen LogP contribution in [-0.2, 0) is 6.54 Å². The fourth-order valence-corrected chi connectivity index (χ4v) is 2.01. The zero-order valence-electron chi connectivity index (χ0n) is 9.98. The monoisotopic (exact) mass is 293 g/mol. The van der Waals surface area contributed by atoms with Gasteiger partial charge in [0.15, 0.2) is 0 Å². The van der Waals surface area contributed by atoms with E-state index in [1.165, 1.54) is 0 Å². The van der Waals surface area contributed by atoms with Gasteiger partial charge in [0.2, 0.25) is 0 Å². The Balaban J connectivity index is 2.20. The van der Waals surface area contributed by atoms with Crippen molar-refractivity contribution in [2.45, 2.75) is 26.3 Å². The number of rotatable bonds is 7. The zero-order valence-corrected chi connectivity index (χ0v) is 12.2. The molecule has 1 nitrogen and oxygen atoms in total. The van der Waals surface area contributed by atoms with Gasteiger partial charge in [-0.05, 0) is 43.0 Å². The molecular formula is C13H18Cl3N. The molecule has 1 rings (SSSR count). The lowest BCUT2D eigenvalue weighted by molar-refractivity contribution is 0.531. The lowest BCUT2D eigenvalue weighted by Crippen LogP contribution is -2.15. The number of hydrogen-bond donors (Lipinski definition) is 1. The van der Waals surface area contributed by atoms with Gasteiger partial charge in [-0.15, -0.1) is 11.6 Å². The smallest absolute Gasteiger partial charge is 0.0595 e. The van der Waals surface area contributed by atoms with Crippen LogP contribution >= 0.6 is 34.8 Å². The van der Waals surface area contributed by atoms with Crippen LogP contribution in [0, 0.1) is 5.92 Å². The highest BCUT2D eigenvalue weighted by atomic mass is 35.5. The Labute approximate surface area is 118 Å². The Morgan fingerprint density at radius 3 is 2.65 bits per heavy atom. The summed E-state index contributed by atoms with van der Waals surface area (Å²) in [4.78, 5) is 0. The van der Waals surface area contributed by atoms with Crippen molar-refractivity contribution in [3.05, 3.63) is 33.8 Å². The van der Waals surface area contributed by atoms with Crippen LogP contribution in [0.5, 0.6) is 0 Å². The first-order valence-electron chi connectivity index (χ1n) is 5.84. The van der Waals surface area contributed by atoms with E-state index in [1.807, 2.05) is 18.2 Å². The molecule has 1 aromatic rings. The zero-order chi connectivity index (χ0) is 12.7. The third kappa shape index (κ3) is 5.96. The van der Waals surface area contributed by atoms with E-state index in [9.17, 15) is 0 Å². The minimum absolute atomic E-state index is 0.600. The maximum atomic E-state index is 5.94. The molecule has 0 amide bonds. The summed E-state index contributed by atoms with van der Waals surface area (Å²) in [5, 5.41) is 4.60. The topological polar surface area (TPSA) is 12.0 Å². The van der Waals surface area contributed by atoms with Gasteiger partial charge in [0.1, 0.15) is 0 Å². The van der Waals surface area contributed by atoms with E-state index < -0.39 is 0 Å². The van der Waals surface area contributed by atoms with E-state index >= 15 is 0 Å². The molecule has 0 aliphatic heterocycles. The summed E-state index contributed by atoms with van der Waals surface area (Å²) in [5.74, 6) is 1.34. The molecule has 0 heterocycles. The quantitative estimate of drug-likeness (QED) is 0.566. The largest absolute Gasteiger partial charge is 0.313 e. The molecule has 0 aliphatic carbocycles. The molecule has 0 saturated carbocycles. The van der Waals surface area contributed by atoms with E-state index in [-0.39, 0.29) is 0 Å². The predicted molar refractivity (Wildman–Crippen MR) is 77.3 cm³/mol. The first-order valence-corrected chi connectivity index (χ1v) is 7.13. The van der Waals surface area contributed by atoms with E-state index in [0.29, 0.717) is 16.0 Å². The number of hydrogen-bond acceptors (Lipinski definition) is 1. The molecule has 0 bridgehead atoms. The summed E-state index contributed by atoms with van der Waals surface area (Å²) in [6.07, 6.45) is 2.31. The van der Waals surface area contributed by atoms with Crippen LogP contribution in [0.4, 0.5) is 0 Å². The molecular weight excluding hydrogens is 277 g/mol. The molecule has 1 unspecified atom stereocenters. The van der Waals surface area contributed by atoms with Crippen molar-refractivity contribution in [2.75, 3.05) is 12.4 Å². The molecule has 1 atom stereocenters. The van der Waals surface area contributed by atoms with Crippen LogP contribution in [0.1, 0.15) is 25.3 Å². The van der Waals surface area contributed by atoms with Crippen molar-refractivity contribution >= 4 is 34.8 Å². The standard InChI is InChI=1S/C13H18Cl3N/c1-10(8-14)3-2-6-17-9-11-4-5-12(15)13(16)7-11/h4-5,7,10,17H,2-3,6,8-9H2,1H3. The maximum Gasteiger partial charge on any atom is 0.0595 e. The number of alkyl halides is 1. The second-order valence-electron chi connectivity index (χ2n) is 4.33. The second kappa shape index (κ2) is 8.20. The van der Waals surface area contributed by atoms with Crippen LogP contribution in [0.2, 0.25) is 10.0 Å².